The molecule has 2 aromatic carbocycles. The lowest BCUT2D eigenvalue weighted by atomic mass is 10.1. The number of carbonyl (C=O) groups is 2. The van der Waals surface area contributed by atoms with Gasteiger partial charge >= 0.3 is 0 Å². The molecule has 0 aromatic heterocycles. The van der Waals surface area contributed by atoms with Gasteiger partial charge in [-0.25, -0.2) is 0 Å². The number of hydrogen-bond donors (Lipinski definition) is 3. The maximum Gasteiger partial charge on any atom is 0.257 e. The quantitative estimate of drug-likeness (QED) is 0.540. The Bertz CT molecular complexity index is 901. The third kappa shape index (κ3) is 8.76. The van der Waals surface area contributed by atoms with Crippen LogP contribution in [0.5, 0.6) is 5.75 Å². The normalized spacial score (nSPS) is 11.0. The molecule has 3 N–H and O–H groups in total. The number of amides is 2. The fraction of sp³-hybridized carbons (Fsp3) is 0.375. The zero-order valence-electron chi connectivity index (χ0n) is 18.7. The van der Waals surface area contributed by atoms with Gasteiger partial charge in [0.2, 0.25) is 0 Å². The number of ether oxygens (including phenoxy) is 1. The van der Waals surface area contributed by atoms with Crippen molar-refractivity contribution >= 4 is 34.8 Å². The molecule has 31 heavy (non-hydrogen) atoms. The first kappa shape index (κ1) is 24.3. The molecule has 0 unspecified atom stereocenters. The lowest BCUT2D eigenvalue weighted by Crippen LogP contribution is -2.40. The number of nitrogens with one attached hydrogen (secondary N) is 3. The van der Waals surface area contributed by atoms with E-state index in [0.29, 0.717) is 29.3 Å². The smallest absolute Gasteiger partial charge is 0.257 e. The molecule has 0 saturated carbocycles. The molecule has 0 radical (unpaired) electrons. The van der Waals surface area contributed by atoms with E-state index < -0.39 is 0 Å². The van der Waals surface area contributed by atoms with E-state index in [-0.39, 0.29) is 22.5 Å². The molecule has 2 aromatic rings. The molecule has 6 nitrogen and oxygen atoms in total. The molecular weight excluding hydrogens is 410 g/mol. The van der Waals surface area contributed by atoms with Crippen LogP contribution in [0.4, 0.5) is 5.69 Å². The second-order valence-corrected chi connectivity index (χ2v) is 9.15. The SMILES string of the molecule is CC(C)CCOc1ccc(C(=O)NC(=S)Nc2ccc(C(=O)NC(C)(C)C)cc2)cc1. The van der Waals surface area contributed by atoms with Crippen molar-refractivity contribution in [3.63, 3.8) is 0 Å². The van der Waals surface area contributed by atoms with E-state index >= 15 is 0 Å². The largest absolute Gasteiger partial charge is 0.494 e. The van der Waals surface area contributed by atoms with E-state index in [2.05, 4.69) is 29.8 Å². The van der Waals surface area contributed by atoms with Crippen LogP contribution in [0.25, 0.3) is 0 Å². The minimum absolute atomic E-state index is 0.147. The van der Waals surface area contributed by atoms with Gasteiger partial charge in [-0.3, -0.25) is 14.9 Å². The molecule has 0 atom stereocenters. The standard InChI is InChI=1S/C24H31N3O3S/c1-16(2)14-15-30-20-12-8-17(9-13-20)21(28)26-23(31)25-19-10-6-18(7-11-19)22(29)27-24(3,4)5/h6-13,16H,14-15H2,1-5H3,(H,27,29)(H2,25,26,28,31). The first-order valence-corrected chi connectivity index (χ1v) is 10.7. The van der Waals surface area contributed by atoms with Gasteiger partial charge in [0.05, 0.1) is 6.61 Å². The summed E-state index contributed by atoms with van der Waals surface area (Å²) in [5, 5.41) is 8.69. The predicted octanol–water partition coefficient (Wildman–Crippen LogP) is 4.77. The summed E-state index contributed by atoms with van der Waals surface area (Å²) in [4.78, 5) is 24.6. The third-order valence-corrected chi connectivity index (χ3v) is 4.41. The highest BCUT2D eigenvalue weighted by atomic mass is 32.1. The number of rotatable bonds is 7. The Kier molecular flexibility index (Phi) is 8.56. The molecule has 0 heterocycles. The molecule has 0 fully saturated rings. The van der Waals surface area contributed by atoms with Gasteiger partial charge in [0.15, 0.2) is 5.11 Å². The topological polar surface area (TPSA) is 79.5 Å². The van der Waals surface area contributed by atoms with Gasteiger partial charge in [-0.1, -0.05) is 13.8 Å². The molecule has 0 bridgehead atoms. The van der Waals surface area contributed by atoms with Crippen LogP contribution in [0.1, 0.15) is 61.8 Å². The summed E-state index contributed by atoms with van der Waals surface area (Å²) in [5.74, 6) is 0.850. The van der Waals surface area contributed by atoms with Crippen molar-refractivity contribution in [1.82, 2.24) is 10.6 Å². The number of benzene rings is 2. The number of thiocarbonyl (C=S) groups is 1. The van der Waals surface area contributed by atoms with Crippen LogP contribution in [0.3, 0.4) is 0 Å². The van der Waals surface area contributed by atoms with E-state index in [9.17, 15) is 9.59 Å². The van der Waals surface area contributed by atoms with E-state index in [4.69, 9.17) is 17.0 Å². The highest BCUT2D eigenvalue weighted by molar-refractivity contribution is 7.80. The molecule has 0 aliphatic carbocycles. The maximum absolute atomic E-state index is 12.4. The van der Waals surface area contributed by atoms with Gasteiger partial charge in [-0.15, -0.1) is 0 Å². The van der Waals surface area contributed by atoms with Gasteiger partial charge in [-0.2, -0.15) is 0 Å². The van der Waals surface area contributed by atoms with Crippen molar-refractivity contribution < 1.29 is 14.3 Å². The summed E-state index contributed by atoms with van der Waals surface area (Å²) in [7, 11) is 0. The Labute approximate surface area is 189 Å². The van der Waals surface area contributed by atoms with Crippen LogP contribution in [0, 0.1) is 5.92 Å². The van der Waals surface area contributed by atoms with Crippen molar-refractivity contribution in [3.05, 3.63) is 59.7 Å². The first-order valence-electron chi connectivity index (χ1n) is 10.3. The maximum atomic E-state index is 12.4. The Morgan fingerprint density at radius 2 is 1.48 bits per heavy atom. The molecule has 0 aliphatic rings. The molecule has 2 amide bonds. The van der Waals surface area contributed by atoms with Crippen LogP contribution < -0.4 is 20.7 Å². The fourth-order valence-electron chi connectivity index (χ4n) is 2.57. The predicted molar refractivity (Wildman–Crippen MR) is 129 cm³/mol. The summed E-state index contributed by atoms with van der Waals surface area (Å²) in [5.41, 5.74) is 1.39. The molecule has 0 aliphatic heterocycles. The number of anilines is 1. The van der Waals surface area contributed by atoms with Gasteiger partial charge in [-0.05, 0) is 93.9 Å². The summed E-state index contributed by atoms with van der Waals surface area (Å²) in [6.07, 6.45) is 0.977. The van der Waals surface area contributed by atoms with Crippen molar-refractivity contribution in [2.45, 2.75) is 46.6 Å². The fourth-order valence-corrected chi connectivity index (χ4v) is 2.78. The average molecular weight is 442 g/mol. The molecule has 0 saturated heterocycles. The Balaban J connectivity index is 1.86. The van der Waals surface area contributed by atoms with Crippen molar-refractivity contribution in [2.75, 3.05) is 11.9 Å². The highest BCUT2D eigenvalue weighted by Crippen LogP contribution is 2.14. The second kappa shape index (κ2) is 10.9. The van der Waals surface area contributed by atoms with E-state index in [0.717, 1.165) is 12.2 Å². The van der Waals surface area contributed by atoms with E-state index in [1.54, 1.807) is 48.5 Å². The summed E-state index contributed by atoms with van der Waals surface area (Å²) in [6.45, 7) is 10.7. The van der Waals surface area contributed by atoms with Crippen molar-refractivity contribution in [3.8, 4) is 5.75 Å². The monoisotopic (exact) mass is 441 g/mol. The average Bonchev–Trinajstić information content (AvgIpc) is 2.67. The minimum atomic E-state index is -0.313. The van der Waals surface area contributed by atoms with Crippen LogP contribution in [-0.4, -0.2) is 29.1 Å². The van der Waals surface area contributed by atoms with Crippen molar-refractivity contribution in [1.29, 1.82) is 0 Å². The molecule has 166 valence electrons. The molecule has 0 spiro atoms. The van der Waals surface area contributed by atoms with Gasteiger partial charge < -0.3 is 15.4 Å². The summed E-state index contributed by atoms with van der Waals surface area (Å²) < 4.78 is 5.67. The Morgan fingerprint density at radius 1 is 0.935 bits per heavy atom. The van der Waals surface area contributed by atoms with E-state index in [1.165, 1.54) is 0 Å². The minimum Gasteiger partial charge on any atom is -0.494 e. The van der Waals surface area contributed by atoms with Crippen LogP contribution in [0.2, 0.25) is 0 Å². The molecule has 2 rings (SSSR count). The zero-order chi connectivity index (χ0) is 23.0. The van der Waals surface area contributed by atoms with Gasteiger partial charge in [0.1, 0.15) is 5.75 Å². The van der Waals surface area contributed by atoms with Crippen LogP contribution in [0.15, 0.2) is 48.5 Å². The third-order valence-electron chi connectivity index (χ3n) is 4.20. The first-order chi connectivity index (χ1) is 14.5. The second-order valence-electron chi connectivity index (χ2n) is 8.75. The highest BCUT2D eigenvalue weighted by Gasteiger charge is 2.15. The van der Waals surface area contributed by atoms with Crippen molar-refractivity contribution in [2.24, 2.45) is 5.92 Å². The Hall–Kier alpha value is -2.93. The lowest BCUT2D eigenvalue weighted by Gasteiger charge is -2.20. The zero-order valence-corrected chi connectivity index (χ0v) is 19.6. The number of hydrogen-bond acceptors (Lipinski definition) is 4. The van der Waals surface area contributed by atoms with Crippen LogP contribution >= 0.6 is 12.2 Å². The summed E-state index contributed by atoms with van der Waals surface area (Å²) >= 11 is 5.23. The number of carbonyl (C=O) groups excluding carboxylic acids is 2. The van der Waals surface area contributed by atoms with E-state index in [1.807, 2.05) is 20.8 Å². The Morgan fingerprint density at radius 3 is 2.03 bits per heavy atom. The molecular formula is C24H31N3O3S. The van der Waals surface area contributed by atoms with Gasteiger partial charge in [0, 0.05) is 22.4 Å². The van der Waals surface area contributed by atoms with Crippen LogP contribution in [-0.2, 0) is 0 Å². The van der Waals surface area contributed by atoms with Gasteiger partial charge in [0.25, 0.3) is 11.8 Å². The molecule has 7 heteroatoms. The summed E-state index contributed by atoms with van der Waals surface area (Å²) in [6, 6.07) is 13.8. The lowest BCUT2D eigenvalue weighted by molar-refractivity contribution is 0.0918.